The van der Waals surface area contributed by atoms with E-state index in [1.807, 2.05) is 0 Å². The van der Waals surface area contributed by atoms with Crippen LogP contribution in [-0.2, 0) is 4.74 Å². The quantitative estimate of drug-likeness (QED) is 0.543. The van der Waals surface area contributed by atoms with Gasteiger partial charge in [0.15, 0.2) is 0 Å². The summed E-state index contributed by atoms with van der Waals surface area (Å²) in [6, 6.07) is 0. The molecular weight excluding hydrogens is 372 g/mol. The monoisotopic (exact) mass is 396 g/mol. The summed E-state index contributed by atoms with van der Waals surface area (Å²) in [5.41, 5.74) is -1.16. The summed E-state index contributed by atoms with van der Waals surface area (Å²) in [5, 5.41) is 10.0. The summed E-state index contributed by atoms with van der Waals surface area (Å²) in [5.74, 6) is 0. The first-order chi connectivity index (χ1) is 8.52. The molecular formula is C15H26Br2O2. The number of hydrogen-bond acceptors (Lipinski definition) is 2. The molecule has 4 heteroatoms. The van der Waals surface area contributed by atoms with E-state index in [0.29, 0.717) is 11.2 Å². The molecule has 0 spiro atoms. The summed E-state index contributed by atoms with van der Waals surface area (Å²) >= 11 is 7.46. The van der Waals surface area contributed by atoms with Crippen LogP contribution < -0.4 is 0 Å². The van der Waals surface area contributed by atoms with Crippen LogP contribution in [0.4, 0.5) is 0 Å². The molecule has 0 amide bonds. The van der Waals surface area contributed by atoms with Crippen LogP contribution in [0.25, 0.3) is 0 Å². The summed E-state index contributed by atoms with van der Waals surface area (Å²) in [7, 11) is 0. The third-order valence-corrected chi connectivity index (χ3v) is 7.14. The van der Waals surface area contributed by atoms with Crippen molar-refractivity contribution in [2.45, 2.75) is 79.8 Å². The fraction of sp³-hybridized carbons (Fsp3) is 0.867. The second-order valence-corrected chi connectivity index (χ2v) is 8.80. The molecule has 1 rings (SSSR count). The van der Waals surface area contributed by atoms with Crippen LogP contribution in [0.5, 0.6) is 0 Å². The average molecular weight is 398 g/mol. The Morgan fingerprint density at radius 3 is 2.58 bits per heavy atom. The van der Waals surface area contributed by atoms with Gasteiger partial charge in [-0.25, -0.2) is 0 Å². The van der Waals surface area contributed by atoms with Crippen LogP contribution in [-0.4, -0.2) is 31.6 Å². The van der Waals surface area contributed by atoms with Gasteiger partial charge >= 0.3 is 0 Å². The smallest absolute Gasteiger partial charge is 0.0797 e. The highest BCUT2D eigenvalue weighted by molar-refractivity contribution is 9.09. The highest BCUT2D eigenvalue weighted by Crippen LogP contribution is 2.43. The van der Waals surface area contributed by atoms with Gasteiger partial charge in [0.25, 0.3) is 0 Å². The molecule has 0 aromatic rings. The Labute approximate surface area is 134 Å². The molecule has 0 radical (unpaired) electrons. The van der Waals surface area contributed by atoms with Crippen molar-refractivity contribution in [3.05, 3.63) is 12.7 Å². The molecule has 0 aromatic heterocycles. The molecule has 1 saturated heterocycles. The normalized spacial score (nSPS) is 35.4. The molecule has 1 fully saturated rings. The minimum atomic E-state index is -0.801. The van der Waals surface area contributed by atoms with Gasteiger partial charge in [-0.15, -0.1) is 6.58 Å². The first-order valence-corrected chi connectivity index (χ1v) is 8.70. The zero-order valence-electron chi connectivity index (χ0n) is 12.4. The van der Waals surface area contributed by atoms with Gasteiger partial charge in [0.05, 0.1) is 16.8 Å². The van der Waals surface area contributed by atoms with E-state index in [4.69, 9.17) is 4.74 Å². The number of ether oxygens (including phenoxy) is 1. The first kappa shape index (κ1) is 17.7. The van der Waals surface area contributed by atoms with Gasteiger partial charge in [0, 0.05) is 9.65 Å². The Balaban J connectivity index is 2.65. The van der Waals surface area contributed by atoms with Crippen LogP contribution in [0, 0.1) is 0 Å². The molecule has 0 aromatic carbocycles. The van der Waals surface area contributed by atoms with E-state index in [1.54, 1.807) is 13.0 Å². The zero-order chi connectivity index (χ0) is 14.9. The number of aliphatic hydroxyl groups is 1. The zero-order valence-corrected chi connectivity index (χ0v) is 15.6. The Morgan fingerprint density at radius 1 is 1.53 bits per heavy atom. The van der Waals surface area contributed by atoms with Gasteiger partial charge in [-0.05, 0) is 53.4 Å². The molecule has 1 N–H and O–H groups in total. The van der Waals surface area contributed by atoms with Crippen molar-refractivity contribution in [1.29, 1.82) is 0 Å². The van der Waals surface area contributed by atoms with Crippen LogP contribution in [0.15, 0.2) is 12.7 Å². The predicted octanol–water partition coefficient (Wildman–Crippen LogP) is 4.58. The molecule has 0 aliphatic carbocycles. The van der Waals surface area contributed by atoms with Crippen LogP contribution in [0.3, 0.4) is 0 Å². The van der Waals surface area contributed by atoms with Crippen LogP contribution in [0.2, 0.25) is 0 Å². The predicted molar refractivity (Wildman–Crippen MR) is 88.3 cm³/mol. The molecule has 0 unspecified atom stereocenters. The maximum atomic E-state index is 10.0. The van der Waals surface area contributed by atoms with Gasteiger partial charge in [0.1, 0.15) is 0 Å². The fourth-order valence-corrected chi connectivity index (χ4v) is 3.40. The summed E-state index contributed by atoms with van der Waals surface area (Å²) < 4.78 is 6.33. The van der Waals surface area contributed by atoms with E-state index in [2.05, 4.69) is 59.2 Å². The van der Waals surface area contributed by atoms with E-state index < -0.39 is 5.60 Å². The summed E-state index contributed by atoms with van der Waals surface area (Å²) in [4.78, 5) is 0.620. The third kappa shape index (κ3) is 4.55. The van der Waals surface area contributed by atoms with Crippen molar-refractivity contribution in [1.82, 2.24) is 0 Å². The maximum Gasteiger partial charge on any atom is 0.0797 e. The lowest BCUT2D eigenvalue weighted by molar-refractivity contribution is -0.160. The van der Waals surface area contributed by atoms with Gasteiger partial charge in [-0.1, -0.05) is 37.9 Å². The van der Waals surface area contributed by atoms with Crippen molar-refractivity contribution in [2.24, 2.45) is 0 Å². The fourth-order valence-electron chi connectivity index (χ4n) is 2.52. The Kier molecular flexibility index (Phi) is 5.73. The largest absolute Gasteiger partial charge is 0.386 e. The number of alkyl halides is 2. The lowest BCUT2D eigenvalue weighted by atomic mass is 9.83. The van der Waals surface area contributed by atoms with Gasteiger partial charge in [0.2, 0.25) is 0 Å². The summed E-state index contributed by atoms with van der Waals surface area (Å²) in [6.45, 7) is 11.9. The molecule has 1 aliphatic heterocycles. The van der Waals surface area contributed by atoms with Crippen molar-refractivity contribution in [2.75, 3.05) is 0 Å². The van der Waals surface area contributed by atoms with Crippen LogP contribution in [0.1, 0.15) is 53.4 Å². The highest BCUT2D eigenvalue weighted by Gasteiger charge is 2.46. The van der Waals surface area contributed by atoms with Crippen molar-refractivity contribution >= 4 is 31.9 Å². The molecule has 112 valence electrons. The number of rotatable bonds is 5. The lowest BCUT2D eigenvalue weighted by Gasteiger charge is -2.48. The second kappa shape index (κ2) is 6.17. The first-order valence-electron chi connectivity index (χ1n) is 6.87. The number of halogens is 2. The maximum absolute atomic E-state index is 10.0. The van der Waals surface area contributed by atoms with Crippen LogP contribution >= 0.6 is 31.9 Å². The Morgan fingerprint density at radius 2 is 2.11 bits per heavy atom. The van der Waals surface area contributed by atoms with Crippen molar-refractivity contribution < 1.29 is 9.84 Å². The van der Waals surface area contributed by atoms with Crippen molar-refractivity contribution in [3.63, 3.8) is 0 Å². The molecule has 1 aliphatic rings. The average Bonchev–Trinajstić information content (AvgIpc) is 2.31. The van der Waals surface area contributed by atoms with E-state index >= 15 is 0 Å². The van der Waals surface area contributed by atoms with Gasteiger partial charge in [-0.2, -0.15) is 0 Å². The molecule has 2 nitrogen and oxygen atoms in total. The SMILES string of the molecule is C=C[C@@](C)(O)CC[C@H](Br)[C@]1(C)CC[C@@H](Br)C(C)(C)O1. The number of hydrogen-bond donors (Lipinski definition) is 1. The van der Waals surface area contributed by atoms with Gasteiger partial charge in [-0.3, -0.25) is 0 Å². The Hall–Kier alpha value is 0.620. The van der Waals surface area contributed by atoms with E-state index in [9.17, 15) is 5.11 Å². The third-order valence-electron chi connectivity index (χ3n) is 4.15. The lowest BCUT2D eigenvalue weighted by Crippen LogP contribution is -2.53. The van der Waals surface area contributed by atoms with Crippen molar-refractivity contribution in [3.8, 4) is 0 Å². The molecule has 0 saturated carbocycles. The topological polar surface area (TPSA) is 29.5 Å². The second-order valence-electron chi connectivity index (χ2n) is 6.59. The Bertz CT molecular complexity index is 328. The molecule has 1 heterocycles. The minimum Gasteiger partial charge on any atom is -0.386 e. The van der Waals surface area contributed by atoms with E-state index in [1.165, 1.54) is 0 Å². The van der Waals surface area contributed by atoms with E-state index in [0.717, 1.165) is 19.3 Å². The summed E-state index contributed by atoms with van der Waals surface area (Å²) in [6.07, 6.45) is 5.26. The molecule has 19 heavy (non-hydrogen) atoms. The standard InChI is InChI=1S/C15H26Br2O2/c1-6-14(4,18)9-7-12(17)15(5)10-8-11(16)13(2,3)19-15/h6,11-12,18H,1,7-10H2,2-5H3/t11-,12+,14-,15+/m1/s1. The molecule has 4 atom stereocenters. The minimum absolute atomic E-state index is 0.167. The highest BCUT2D eigenvalue weighted by atomic mass is 79.9. The van der Waals surface area contributed by atoms with Gasteiger partial charge < -0.3 is 9.84 Å². The molecule has 0 bridgehead atoms. The van der Waals surface area contributed by atoms with E-state index in [-0.39, 0.29) is 16.0 Å².